The molecule has 0 amide bonds. The standard InChI is InChI=1S/C18H22N2O/c1-4-12-18(3,5-2)14-6-9-16(10-7-14)21-17-11-8-15(19)13-20-17/h4,6-11,13H,1,5,12,19H2,2-3H3. The molecule has 0 aliphatic heterocycles. The first-order valence-electron chi connectivity index (χ1n) is 7.18. The summed E-state index contributed by atoms with van der Waals surface area (Å²) in [6.45, 7) is 8.31. The number of hydrogen-bond acceptors (Lipinski definition) is 3. The molecular formula is C18H22N2O. The van der Waals surface area contributed by atoms with E-state index in [0.29, 0.717) is 11.6 Å². The predicted octanol–water partition coefficient (Wildman–Crippen LogP) is 4.70. The third-order valence-electron chi connectivity index (χ3n) is 3.91. The summed E-state index contributed by atoms with van der Waals surface area (Å²) in [5.74, 6) is 1.31. The molecule has 1 heterocycles. The fourth-order valence-electron chi connectivity index (χ4n) is 2.28. The summed E-state index contributed by atoms with van der Waals surface area (Å²) in [6.07, 6.45) is 5.59. The van der Waals surface area contributed by atoms with E-state index >= 15 is 0 Å². The molecule has 0 spiro atoms. The predicted molar refractivity (Wildman–Crippen MR) is 87.6 cm³/mol. The van der Waals surface area contributed by atoms with Gasteiger partial charge in [0.1, 0.15) is 5.75 Å². The molecule has 2 aromatic rings. The molecule has 0 aliphatic carbocycles. The Bertz CT molecular complexity index is 590. The van der Waals surface area contributed by atoms with Crippen LogP contribution in [0.4, 0.5) is 5.69 Å². The van der Waals surface area contributed by atoms with Crippen LogP contribution >= 0.6 is 0 Å². The second-order valence-corrected chi connectivity index (χ2v) is 5.46. The van der Waals surface area contributed by atoms with Crippen molar-refractivity contribution in [3.63, 3.8) is 0 Å². The molecule has 21 heavy (non-hydrogen) atoms. The van der Waals surface area contributed by atoms with Crippen LogP contribution in [-0.4, -0.2) is 4.98 Å². The summed E-state index contributed by atoms with van der Waals surface area (Å²) in [7, 11) is 0. The van der Waals surface area contributed by atoms with E-state index in [1.165, 1.54) is 5.56 Å². The number of anilines is 1. The number of aromatic nitrogens is 1. The molecular weight excluding hydrogens is 260 g/mol. The largest absolute Gasteiger partial charge is 0.439 e. The van der Waals surface area contributed by atoms with E-state index in [9.17, 15) is 0 Å². The van der Waals surface area contributed by atoms with Gasteiger partial charge in [-0.3, -0.25) is 0 Å². The zero-order chi connectivity index (χ0) is 15.3. The number of benzene rings is 1. The van der Waals surface area contributed by atoms with Gasteiger partial charge in [0.15, 0.2) is 0 Å². The summed E-state index contributed by atoms with van der Waals surface area (Å²) in [4.78, 5) is 4.13. The minimum Gasteiger partial charge on any atom is -0.439 e. The normalized spacial score (nSPS) is 13.4. The number of pyridine rings is 1. The van der Waals surface area contributed by atoms with E-state index in [1.54, 1.807) is 18.3 Å². The van der Waals surface area contributed by atoms with Crippen LogP contribution in [0.3, 0.4) is 0 Å². The highest BCUT2D eigenvalue weighted by Crippen LogP contribution is 2.33. The summed E-state index contributed by atoms with van der Waals surface area (Å²) >= 11 is 0. The minimum absolute atomic E-state index is 0.125. The number of allylic oxidation sites excluding steroid dienone is 1. The van der Waals surface area contributed by atoms with Gasteiger partial charge in [0.25, 0.3) is 0 Å². The molecule has 0 fully saturated rings. The van der Waals surface area contributed by atoms with Gasteiger partial charge in [-0.25, -0.2) is 4.98 Å². The van der Waals surface area contributed by atoms with Crippen molar-refractivity contribution in [1.29, 1.82) is 0 Å². The lowest BCUT2D eigenvalue weighted by Gasteiger charge is -2.27. The quantitative estimate of drug-likeness (QED) is 0.781. The van der Waals surface area contributed by atoms with Crippen LogP contribution in [0.1, 0.15) is 32.3 Å². The van der Waals surface area contributed by atoms with Gasteiger partial charge in [-0.15, -0.1) is 6.58 Å². The highest BCUT2D eigenvalue weighted by Gasteiger charge is 2.22. The van der Waals surface area contributed by atoms with Gasteiger partial charge in [-0.05, 0) is 42.0 Å². The van der Waals surface area contributed by atoms with Gasteiger partial charge in [-0.1, -0.05) is 32.1 Å². The summed E-state index contributed by atoms with van der Waals surface area (Å²) in [5.41, 5.74) is 7.65. The summed E-state index contributed by atoms with van der Waals surface area (Å²) in [6, 6.07) is 11.7. The van der Waals surface area contributed by atoms with Crippen LogP contribution in [0.25, 0.3) is 0 Å². The van der Waals surface area contributed by atoms with E-state index in [4.69, 9.17) is 10.5 Å². The van der Waals surface area contributed by atoms with Crippen molar-refractivity contribution >= 4 is 5.69 Å². The fourth-order valence-corrected chi connectivity index (χ4v) is 2.28. The van der Waals surface area contributed by atoms with Gasteiger partial charge < -0.3 is 10.5 Å². The molecule has 2 rings (SSSR count). The molecule has 1 atom stereocenters. The maximum atomic E-state index is 5.71. The Labute approximate surface area is 126 Å². The molecule has 110 valence electrons. The van der Waals surface area contributed by atoms with E-state index in [0.717, 1.165) is 18.6 Å². The first-order valence-corrected chi connectivity index (χ1v) is 7.18. The molecule has 1 aromatic heterocycles. The lowest BCUT2D eigenvalue weighted by molar-refractivity contribution is 0.452. The summed E-state index contributed by atoms with van der Waals surface area (Å²) in [5, 5.41) is 0. The van der Waals surface area contributed by atoms with E-state index < -0.39 is 0 Å². The van der Waals surface area contributed by atoms with E-state index in [1.807, 2.05) is 18.2 Å². The lowest BCUT2D eigenvalue weighted by Crippen LogP contribution is -2.19. The lowest BCUT2D eigenvalue weighted by atomic mass is 9.77. The highest BCUT2D eigenvalue weighted by atomic mass is 16.5. The van der Waals surface area contributed by atoms with Crippen molar-refractivity contribution < 1.29 is 4.74 Å². The maximum Gasteiger partial charge on any atom is 0.219 e. The van der Waals surface area contributed by atoms with Crippen LogP contribution in [0.15, 0.2) is 55.3 Å². The van der Waals surface area contributed by atoms with Crippen molar-refractivity contribution in [2.24, 2.45) is 0 Å². The molecule has 0 saturated heterocycles. The Morgan fingerprint density at radius 3 is 2.48 bits per heavy atom. The number of nitrogens with two attached hydrogens (primary N) is 1. The Kier molecular flexibility index (Phi) is 4.63. The van der Waals surface area contributed by atoms with Gasteiger partial charge in [0, 0.05) is 6.07 Å². The fraction of sp³-hybridized carbons (Fsp3) is 0.278. The Morgan fingerprint density at radius 2 is 1.95 bits per heavy atom. The van der Waals surface area contributed by atoms with Crippen molar-refractivity contribution in [3.05, 3.63) is 60.8 Å². The topological polar surface area (TPSA) is 48.1 Å². The third kappa shape index (κ3) is 3.63. The Morgan fingerprint density at radius 1 is 1.24 bits per heavy atom. The molecule has 0 radical (unpaired) electrons. The number of nitrogen functional groups attached to an aromatic ring is 1. The zero-order valence-corrected chi connectivity index (χ0v) is 12.7. The number of hydrogen-bond donors (Lipinski definition) is 1. The number of rotatable bonds is 6. The van der Waals surface area contributed by atoms with Crippen LogP contribution in [0.2, 0.25) is 0 Å². The average molecular weight is 282 g/mol. The van der Waals surface area contributed by atoms with Crippen molar-refractivity contribution in [3.8, 4) is 11.6 Å². The molecule has 2 N–H and O–H groups in total. The minimum atomic E-state index is 0.125. The first-order chi connectivity index (χ1) is 10.1. The van der Waals surface area contributed by atoms with E-state index in [2.05, 4.69) is 37.5 Å². The van der Waals surface area contributed by atoms with Crippen LogP contribution < -0.4 is 10.5 Å². The van der Waals surface area contributed by atoms with E-state index in [-0.39, 0.29) is 5.41 Å². The van der Waals surface area contributed by atoms with Gasteiger partial charge in [0.2, 0.25) is 5.88 Å². The highest BCUT2D eigenvalue weighted by molar-refractivity contribution is 5.38. The second kappa shape index (κ2) is 6.44. The zero-order valence-electron chi connectivity index (χ0n) is 12.7. The molecule has 3 heteroatoms. The molecule has 3 nitrogen and oxygen atoms in total. The Balaban J connectivity index is 2.15. The van der Waals surface area contributed by atoms with Crippen molar-refractivity contribution in [2.75, 3.05) is 5.73 Å². The first kappa shape index (κ1) is 15.1. The smallest absolute Gasteiger partial charge is 0.219 e. The third-order valence-corrected chi connectivity index (χ3v) is 3.91. The van der Waals surface area contributed by atoms with Gasteiger partial charge in [-0.2, -0.15) is 0 Å². The van der Waals surface area contributed by atoms with Gasteiger partial charge >= 0.3 is 0 Å². The van der Waals surface area contributed by atoms with Crippen LogP contribution in [-0.2, 0) is 5.41 Å². The van der Waals surface area contributed by atoms with Gasteiger partial charge in [0.05, 0.1) is 11.9 Å². The molecule has 1 aromatic carbocycles. The number of ether oxygens (including phenoxy) is 1. The number of nitrogens with zero attached hydrogens (tertiary/aromatic N) is 1. The molecule has 0 saturated carbocycles. The molecule has 1 unspecified atom stereocenters. The maximum absolute atomic E-state index is 5.71. The van der Waals surface area contributed by atoms with Crippen molar-refractivity contribution in [1.82, 2.24) is 4.98 Å². The van der Waals surface area contributed by atoms with Crippen LogP contribution in [0, 0.1) is 0 Å². The Hall–Kier alpha value is -2.29. The molecule has 0 bridgehead atoms. The second-order valence-electron chi connectivity index (χ2n) is 5.46. The SMILES string of the molecule is C=CCC(C)(CC)c1ccc(Oc2ccc(N)cn2)cc1. The monoisotopic (exact) mass is 282 g/mol. The van der Waals surface area contributed by atoms with Crippen LogP contribution in [0.5, 0.6) is 11.6 Å². The van der Waals surface area contributed by atoms with Crippen molar-refractivity contribution in [2.45, 2.75) is 32.1 Å². The molecule has 0 aliphatic rings. The average Bonchev–Trinajstić information content (AvgIpc) is 2.50. The summed E-state index contributed by atoms with van der Waals surface area (Å²) < 4.78 is 5.71.